The number of benzene rings is 2. The Balaban J connectivity index is 0.000000197. The molecule has 2 aliphatic rings. The maximum atomic E-state index is 9.55. The van der Waals surface area contributed by atoms with Gasteiger partial charge in [0.05, 0.1) is 5.54 Å². The largest absolute Gasteiger partial charge is 0.478 e. The third-order valence-corrected chi connectivity index (χ3v) is 4.69. The third-order valence-electron chi connectivity index (χ3n) is 4.69. The molecule has 5 nitrogen and oxygen atoms in total. The van der Waals surface area contributed by atoms with Crippen LogP contribution in [0.2, 0.25) is 0 Å². The third kappa shape index (κ3) is 3.19. The van der Waals surface area contributed by atoms with E-state index in [-0.39, 0.29) is 5.54 Å². The van der Waals surface area contributed by atoms with Crippen molar-refractivity contribution in [1.29, 1.82) is 0 Å². The van der Waals surface area contributed by atoms with E-state index < -0.39 is 11.9 Å². The van der Waals surface area contributed by atoms with Crippen molar-refractivity contribution in [2.45, 2.75) is 24.9 Å². The summed E-state index contributed by atoms with van der Waals surface area (Å²) in [5.74, 6) is -2.51. The van der Waals surface area contributed by atoms with Crippen LogP contribution in [-0.4, -0.2) is 22.2 Å². The van der Waals surface area contributed by atoms with Crippen molar-refractivity contribution in [2.75, 3.05) is 0 Å². The molecule has 5 heteroatoms. The molecule has 25 heavy (non-hydrogen) atoms. The average Bonchev–Trinajstić information content (AvgIpc) is 2.83. The first-order chi connectivity index (χ1) is 11.9. The van der Waals surface area contributed by atoms with Gasteiger partial charge >= 0.3 is 11.9 Å². The summed E-state index contributed by atoms with van der Waals surface area (Å²) in [5.41, 5.74) is 5.88. The molecule has 0 unspecified atom stereocenters. The lowest BCUT2D eigenvalue weighted by Crippen LogP contribution is -2.41. The van der Waals surface area contributed by atoms with Crippen LogP contribution in [0.15, 0.2) is 60.7 Å². The summed E-state index contributed by atoms with van der Waals surface area (Å²) in [6.45, 7) is 2.31. The Hall–Kier alpha value is -2.92. The van der Waals surface area contributed by atoms with Crippen LogP contribution in [0, 0.1) is 0 Å². The molecule has 0 saturated heterocycles. The van der Waals surface area contributed by atoms with Crippen molar-refractivity contribution in [3.63, 3.8) is 0 Å². The second kappa shape index (κ2) is 6.53. The standard InChI is InChI=1S/C16H15N.C4H4O4/c1-16-13-8-4-2-6-11(13)10-15(17-16)12-7-3-5-9-14(12)16;5-3(6)1-2-4(7)8/h2-9,15,17H,10H2,1H3;1-2H,(H,5,6)(H,7,8)/b;2-1-/t15-,16+;/m0./s1. The number of carboxylic acids is 2. The Morgan fingerprint density at radius 3 is 2.20 bits per heavy atom. The zero-order chi connectivity index (χ0) is 18.0. The molecule has 2 bridgehead atoms. The molecule has 0 spiro atoms. The van der Waals surface area contributed by atoms with Gasteiger partial charge < -0.3 is 10.2 Å². The Kier molecular flexibility index (Phi) is 4.42. The van der Waals surface area contributed by atoms with Crippen LogP contribution in [-0.2, 0) is 21.5 Å². The molecule has 2 atom stereocenters. The van der Waals surface area contributed by atoms with E-state index in [2.05, 4.69) is 60.8 Å². The normalized spacial score (nSPS) is 22.5. The lowest BCUT2D eigenvalue weighted by molar-refractivity contribution is -0.134. The van der Waals surface area contributed by atoms with Crippen LogP contribution in [0.25, 0.3) is 0 Å². The predicted molar refractivity (Wildman–Crippen MR) is 93.3 cm³/mol. The first-order valence-electron chi connectivity index (χ1n) is 8.01. The van der Waals surface area contributed by atoms with Crippen molar-refractivity contribution in [2.24, 2.45) is 0 Å². The van der Waals surface area contributed by atoms with Crippen molar-refractivity contribution in [3.8, 4) is 0 Å². The fourth-order valence-electron chi connectivity index (χ4n) is 3.69. The molecule has 0 fully saturated rings. The van der Waals surface area contributed by atoms with Crippen molar-refractivity contribution < 1.29 is 19.8 Å². The minimum Gasteiger partial charge on any atom is -0.478 e. The molecule has 2 aliphatic heterocycles. The molecule has 128 valence electrons. The first-order valence-corrected chi connectivity index (χ1v) is 8.01. The first kappa shape index (κ1) is 16.9. The summed E-state index contributed by atoms with van der Waals surface area (Å²) < 4.78 is 0. The SMILES string of the molecule is C[C@@]12N[C@@H](Cc3ccccc31)c1ccccc12.O=C(O)/C=C\C(=O)O. The van der Waals surface area contributed by atoms with Crippen LogP contribution in [0.5, 0.6) is 0 Å². The highest BCUT2D eigenvalue weighted by Crippen LogP contribution is 2.47. The smallest absolute Gasteiger partial charge is 0.328 e. The second-order valence-electron chi connectivity index (χ2n) is 6.28. The highest BCUT2D eigenvalue weighted by atomic mass is 16.4. The zero-order valence-electron chi connectivity index (χ0n) is 13.8. The summed E-state index contributed by atoms with van der Waals surface area (Å²) in [6, 6.07) is 18.2. The fourth-order valence-corrected chi connectivity index (χ4v) is 3.69. The van der Waals surface area contributed by atoms with Gasteiger partial charge in [0, 0.05) is 18.2 Å². The van der Waals surface area contributed by atoms with Gasteiger partial charge in [-0.3, -0.25) is 5.32 Å². The van der Waals surface area contributed by atoms with E-state index in [1.165, 1.54) is 22.3 Å². The number of fused-ring (bicyclic) bond motifs is 7. The lowest BCUT2D eigenvalue weighted by atomic mass is 9.82. The second-order valence-corrected chi connectivity index (χ2v) is 6.28. The molecule has 0 aromatic heterocycles. The van der Waals surface area contributed by atoms with Gasteiger partial charge in [-0.05, 0) is 35.6 Å². The fraction of sp³-hybridized carbons (Fsp3) is 0.200. The monoisotopic (exact) mass is 337 g/mol. The molecule has 0 saturated carbocycles. The maximum Gasteiger partial charge on any atom is 0.328 e. The van der Waals surface area contributed by atoms with Gasteiger partial charge in [-0.2, -0.15) is 0 Å². The number of aliphatic carboxylic acids is 2. The van der Waals surface area contributed by atoms with Gasteiger partial charge in [-0.25, -0.2) is 9.59 Å². The van der Waals surface area contributed by atoms with Crippen LogP contribution < -0.4 is 5.32 Å². The van der Waals surface area contributed by atoms with Crippen molar-refractivity contribution >= 4 is 11.9 Å². The Morgan fingerprint density at radius 2 is 1.56 bits per heavy atom. The van der Waals surface area contributed by atoms with E-state index in [0.29, 0.717) is 18.2 Å². The zero-order valence-corrected chi connectivity index (χ0v) is 13.8. The molecule has 2 aromatic rings. The van der Waals surface area contributed by atoms with Gasteiger partial charge in [0.2, 0.25) is 0 Å². The number of nitrogens with one attached hydrogen (secondary N) is 1. The van der Waals surface area contributed by atoms with Crippen LogP contribution in [0.3, 0.4) is 0 Å². The topological polar surface area (TPSA) is 86.6 Å². The van der Waals surface area contributed by atoms with Crippen LogP contribution >= 0.6 is 0 Å². The Labute approximate surface area is 145 Å². The molecular formula is C20H19NO4. The van der Waals surface area contributed by atoms with E-state index in [0.717, 1.165) is 6.42 Å². The molecule has 2 aromatic carbocycles. The molecule has 4 rings (SSSR count). The summed E-state index contributed by atoms with van der Waals surface area (Å²) in [5, 5.41) is 19.4. The van der Waals surface area contributed by atoms with Crippen LogP contribution in [0.1, 0.15) is 35.2 Å². The van der Waals surface area contributed by atoms with Gasteiger partial charge in [0.1, 0.15) is 0 Å². The number of hydrogen-bond donors (Lipinski definition) is 3. The highest BCUT2D eigenvalue weighted by Gasteiger charge is 2.45. The highest BCUT2D eigenvalue weighted by molar-refractivity contribution is 5.89. The summed E-state index contributed by atoms with van der Waals surface area (Å²) in [7, 11) is 0. The number of carboxylic acid groups (broad SMARTS) is 2. The predicted octanol–water partition coefficient (Wildman–Crippen LogP) is 2.86. The molecule has 0 radical (unpaired) electrons. The minimum atomic E-state index is -1.26. The van der Waals surface area contributed by atoms with Gasteiger partial charge in [-0.1, -0.05) is 48.5 Å². The summed E-state index contributed by atoms with van der Waals surface area (Å²) >= 11 is 0. The summed E-state index contributed by atoms with van der Waals surface area (Å²) in [4.78, 5) is 19.1. The van der Waals surface area contributed by atoms with Crippen molar-refractivity contribution in [3.05, 3.63) is 82.9 Å². The maximum absolute atomic E-state index is 9.55. The van der Waals surface area contributed by atoms with Gasteiger partial charge in [0.15, 0.2) is 0 Å². The van der Waals surface area contributed by atoms with E-state index >= 15 is 0 Å². The van der Waals surface area contributed by atoms with Crippen molar-refractivity contribution in [1.82, 2.24) is 5.32 Å². The van der Waals surface area contributed by atoms with Crippen LogP contribution in [0.4, 0.5) is 0 Å². The average molecular weight is 337 g/mol. The Morgan fingerprint density at radius 1 is 1.00 bits per heavy atom. The molecule has 0 aliphatic carbocycles. The molecule has 2 heterocycles. The van der Waals surface area contributed by atoms with E-state index in [1.807, 2.05) is 0 Å². The van der Waals surface area contributed by atoms with Gasteiger partial charge in [0.25, 0.3) is 0 Å². The quantitative estimate of drug-likeness (QED) is 0.734. The molecule has 3 N–H and O–H groups in total. The number of carbonyl (C=O) groups is 2. The Bertz CT molecular complexity index is 829. The van der Waals surface area contributed by atoms with Gasteiger partial charge in [-0.15, -0.1) is 0 Å². The summed E-state index contributed by atoms with van der Waals surface area (Å²) in [6.07, 6.45) is 2.23. The number of rotatable bonds is 2. The van der Waals surface area contributed by atoms with E-state index in [4.69, 9.17) is 10.2 Å². The van der Waals surface area contributed by atoms with E-state index in [9.17, 15) is 9.59 Å². The molecule has 0 amide bonds. The number of hydrogen-bond acceptors (Lipinski definition) is 3. The minimum absolute atomic E-state index is 0.0100. The lowest BCUT2D eigenvalue weighted by Gasteiger charge is -2.34. The van der Waals surface area contributed by atoms with E-state index in [1.54, 1.807) is 0 Å². The molecular weight excluding hydrogens is 318 g/mol.